The lowest BCUT2D eigenvalue weighted by Crippen LogP contribution is -2.13. The van der Waals surface area contributed by atoms with E-state index in [1.165, 1.54) is 18.2 Å². The molecule has 2 rings (SSSR count). The van der Waals surface area contributed by atoms with Gasteiger partial charge in [-0.3, -0.25) is 10.1 Å². The van der Waals surface area contributed by atoms with Gasteiger partial charge in [0.05, 0.1) is 17.0 Å². The number of rotatable bonds is 3. The number of nitrogens with zero attached hydrogens (tertiary/aromatic N) is 3. The predicted octanol–water partition coefficient (Wildman–Crippen LogP) is 2.44. The van der Waals surface area contributed by atoms with Gasteiger partial charge in [0.15, 0.2) is 0 Å². The van der Waals surface area contributed by atoms with E-state index in [9.17, 15) is 23.3 Å². The molecular formula is C11H9F3N4O2. The fourth-order valence-electron chi connectivity index (χ4n) is 1.75. The Hall–Kier alpha value is -2.58. The van der Waals surface area contributed by atoms with E-state index in [1.807, 2.05) is 0 Å². The summed E-state index contributed by atoms with van der Waals surface area (Å²) in [6.45, 7) is -0.296. The summed E-state index contributed by atoms with van der Waals surface area (Å²) in [6.07, 6.45) is -3.60. The molecule has 0 fully saturated rings. The van der Waals surface area contributed by atoms with E-state index in [-0.39, 0.29) is 17.9 Å². The van der Waals surface area contributed by atoms with Crippen molar-refractivity contribution in [3.8, 4) is 0 Å². The smallest absolute Gasteiger partial charge is 0.378 e. The van der Waals surface area contributed by atoms with Crippen molar-refractivity contribution >= 4 is 11.5 Å². The van der Waals surface area contributed by atoms with E-state index in [0.717, 1.165) is 16.9 Å². The third-order valence-corrected chi connectivity index (χ3v) is 2.70. The van der Waals surface area contributed by atoms with Crippen LogP contribution in [0.4, 0.5) is 24.7 Å². The maximum Gasteiger partial charge on any atom is 0.416 e. The summed E-state index contributed by atoms with van der Waals surface area (Å²) in [5, 5.41) is 14.2. The third kappa shape index (κ3) is 2.56. The van der Waals surface area contributed by atoms with Crippen LogP contribution in [0.3, 0.4) is 0 Å². The first-order valence-corrected chi connectivity index (χ1v) is 5.41. The first kappa shape index (κ1) is 13.8. The van der Waals surface area contributed by atoms with Crippen LogP contribution in [0.1, 0.15) is 11.1 Å². The van der Waals surface area contributed by atoms with Crippen molar-refractivity contribution in [2.24, 2.45) is 0 Å². The molecule has 0 aliphatic carbocycles. The minimum atomic E-state index is -4.51. The second-order valence-electron chi connectivity index (χ2n) is 3.98. The summed E-state index contributed by atoms with van der Waals surface area (Å²) in [5.41, 5.74) is 4.17. The van der Waals surface area contributed by atoms with Crippen LogP contribution in [0.25, 0.3) is 0 Å². The number of benzene rings is 1. The Morgan fingerprint density at radius 2 is 2.00 bits per heavy atom. The normalized spacial score (nSPS) is 11.6. The Kier molecular flexibility index (Phi) is 3.35. The Morgan fingerprint density at radius 1 is 1.35 bits per heavy atom. The molecule has 0 atom stereocenters. The Bertz CT molecular complexity index is 651. The lowest BCUT2D eigenvalue weighted by molar-refractivity contribution is -0.384. The van der Waals surface area contributed by atoms with Crippen molar-refractivity contribution in [2.75, 3.05) is 5.73 Å². The molecule has 0 spiro atoms. The lowest BCUT2D eigenvalue weighted by atomic mass is 10.1. The summed E-state index contributed by atoms with van der Waals surface area (Å²) in [7, 11) is 0. The Morgan fingerprint density at radius 3 is 2.55 bits per heavy atom. The van der Waals surface area contributed by atoms with Crippen molar-refractivity contribution in [3.05, 3.63) is 51.7 Å². The molecule has 0 unspecified atom stereocenters. The van der Waals surface area contributed by atoms with Gasteiger partial charge < -0.3 is 5.73 Å². The summed E-state index contributed by atoms with van der Waals surface area (Å²) in [5.74, 6) is -0.285. The van der Waals surface area contributed by atoms with E-state index in [2.05, 4.69) is 5.10 Å². The SMILES string of the molecule is Nc1c([N+](=O)[O-])cnn1Cc1ccccc1C(F)(F)F. The molecular weight excluding hydrogens is 277 g/mol. The van der Waals surface area contributed by atoms with Gasteiger partial charge in [-0.15, -0.1) is 0 Å². The summed E-state index contributed by atoms with van der Waals surface area (Å²) in [4.78, 5) is 9.86. The molecule has 2 N–H and O–H groups in total. The van der Waals surface area contributed by atoms with Crippen molar-refractivity contribution in [2.45, 2.75) is 12.7 Å². The topological polar surface area (TPSA) is 87.0 Å². The van der Waals surface area contributed by atoms with Gasteiger partial charge in [0, 0.05) is 0 Å². The molecule has 0 saturated carbocycles. The van der Waals surface area contributed by atoms with Crippen LogP contribution in [0.5, 0.6) is 0 Å². The molecule has 0 bridgehead atoms. The highest BCUT2D eigenvalue weighted by Gasteiger charge is 2.33. The molecule has 106 valence electrons. The lowest BCUT2D eigenvalue weighted by Gasteiger charge is -2.12. The molecule has 0 radical (unpaired) electrons. The Balaban J connectivity index is 2.39. The molecule has 1 heterocycles. The largest absolute Gasteiger partial charge is 0.416 e. The average molecular weight is 286 g/mol. The highest BCUT2D eigenvalue weighted by atomic mass is 19.4. The minimum Gasteiger partial charge on any atom is -0.378 e. The number of aromatic nitrogens is 2. The van der Waals surface area contributed by atoms with Crippen LogP contribution >= 0.6 is 0 Å². The van der Waals surface area contributed by atoms with Gasteiger partial charge in [-0.1, -0.05) is 18.2 Å². The van der Waals surface area contributed by atoms with Gasteiger partial charge in [0.2, 0.25) is 5.82 Å². The molecule has 0 saturated heterocycles. The van der Waals surface area contributed by atoms with Crippen LogP contribution < -0.4 is 5.73 Å². The van der Waals surface area contributed by atoms with Crippen molar-refractivity contribution in [3.63, 3.8) is 0 Å². The molecule has 1 aromatic heterocycles. The summed E-state index contributed by atoms with van der Waals surface area (Å²) >= 11 is 0. The predicted molar refractivity (Wildman–Crippen MR) is 63.8 cm³/mol. The van der Waals surface area contributed by atoms with Crippen LogP contribution in [-0.4, -0.2) is 14.7 Å². The molecule has 9 heteroatoms. The van der Waals surface area contributed by atoms with Crippen molar-refractivity contribution < 1.29 is 18.1 Å². The van der Waals surface area contributed by atoms with E-state index < -0.39 is 22.4 Å². The van der Waals surface area contributed by atoms with Gasteiger partial charge in [0.25, 0.3) is 0 Å². The van der Waals surface area contributed by atoms with Crippen molar-refractivity contribution in [1.82, 2.24) is 9.78 Å². The van der Waals surface area contributed by atoms with E-state index in [0.29, 0.717) is 0 Å². The third-order valence-electron chi connectivity index (χ3n) is 2.70. The maximum atomic E-state index is 12.8. The number of hydrogen-bond donors (Lipinski definition) is 1. The van der Waals surface area contributed by atoms with E-state index in [4.69, 9.17) is 5.73 Å². The quantitative estimate of drug-likeness (QED) is 0.693. The molecule has 6 nitrogen and oxygen atoms in total. The molecule has 20 heavy (non-hydrogen) atoms. The van der Waals surface area contributed by atoms with E-state index in [1.54, 1.807) is 0 Å². The zero-order valence-corrected chi connectivity index (χ0v) is 9.96. The number of nitrogen functional groups attached to an aromatic ring is 1. The second-order valence-corrected chi connectivity index (χ2v) is 3.98. The van der Waals surface area contributed by atoms with Crippen LogP contribution in [0.15, 0.2) is 30.5 Å². The van der Waals surface area contributed by atoms with Gasteiger partial charge >= 0.3 is 11.9 Å². The number of hydrogen-bond acceptors (Lipinski definition) is 4. The fraction of sp³-hybridized carbons (Fsp3) is 0.182. The summed E-state index contributed by atoms with van der Waals surface area (Å²) < 4.78 is 39.4. The monoisotopic (exact) mass is 286 g/mol. The van der Waals surface area contributed by atoms with Crippen LogP contribution in [-0.2, 0) is 12.7 Å². The molecule has 1 aromatic carbocycles. The van der Waals surface area contributed by atoms with Gasteiger partial charge in [0.1, 0.15) is 6.20 Å². The fourth-order valence-corrected chi connectivity index (χ4v) is 1.75. The van der Waals surface area contributed by atoms with Crippen LogP contribution in [0.2, 0.25) is 0 Å². The zero-order chi connectivity index (χ0) is 14.9. The first-order valence-electron chi connectivity index (χ1n) is 5.41. The van der Waals surface area contributed by atoms with Gasteiger partial charge in [-0.2, -0.15) is 18.3 Å². The molecule has 0 aliphatic heterocycles. The molecule has 2 aromatic rings. The Labute approximate surface area is 110 Å². The molecule has 0 amide bonds. The van der Waals surface area contributed by atoms with Crippen LogP contribution in [0, 0.1) is 10.1 Å². The van der Waals surface area contributed by atoms with E-state index >= 15 is 0 Å². The highest BCUT2D eigenvalue weighted by Crippen LogP contribution is 2.32. The first-order chi connectivity index (χ1) is 9.30. The molecule has 0 aliphatic rings. The maximum absolute atomic E-state index is 12.8. The van der Waals surface area contributed by atoms with Gasteiger partial charge in [-0.05, 0) is 11.6 Å². The minimum absolute atomic E-state index is 0.0651. The highest BCUT2D eigenvalue weighted by molar-refractivity contribution is 5.51. The number of alkyl halides is 3. The zero-order valence-electron chi connectivity index (χ0n) is 9.96. The average Bonchev–Trinajstić information content (AvgIpc) is 2.70. The second kappa shape index (κ2) is 4.83. The summed E-state index contributed by atoms with van der Waals surface area (Å²) in [6, 6.07) is 4.92. The number of nitro groups is 1. The van der Waals surface area contributed by atoms with Crippen molar-refractivity contribution in [1.29, 1.82) is 0 Å². The standard InChI is InChI=1S/C11H9F3N4O2/c12-11(13,14)8-4-2-1-3-7(8)6-17-10(15)9(5-16-17)18(19)20/h1-5H,6,15H2. The number of anilines is 1. The van der Waals surface area contributed by atoms with Gasteiger partial charge in [-0.25, -0.2) is 4.68 Å². The number of halogens is 3. The number of nitrogens with two attached hydrogens (primary N) is 1.